The van der Waals surface area contributed by atoms with Gasteiger partial charge in [0.05, 0.1) is 21.0 Å². The van der Waals surface area contributed by atoms with Gasteiger partial charge in [-0.3, -0.25) is 0 Å². The molecule has 2 aliphatic rings. The Labute approximate surface area is 141 Å². The van der Waals surface area contributed by atoms with Crippen molar-refractivity contribution in [2.45, 2.75) is 43.1 Å². The van der Waals surface area contributed by atoms with E-state index in [1.165, 1.54) is 22.5 Å². The van der Waals surface area contributed by atoms with Gasteiger partial charge < -0.3 is 5.11 Å². The van der Waals surface area contributed by atoms with Crippen molar-refractivity contribution >= 4 is 33.2 Å². The summed E-state index contributed by atoms with van der Waals surface area (Å²) in [5.74, 6) is 0. The molecule has 22 heavy (non-hydrogen) atoms. The SMILES string of the molecule is O=S(=O)(c1ccc(Cl)c(Cl)c1)N1CCC[C@@]2(CCC[C@H]2O)C1. The van der Waals surface area contributed by atoms with E-state index in [1.54, 1.807) is 0 Å². The first-order chi connectivity index (χ1) is 10.3. The van der Waals surface area contributed by atoms with E-state index in [-0.39, 0.29) is 15.3 Å². The predicted molar refractivity (Wildman–Crippen MR) is 86.7 cm³/mol. The molecule has 1 saturated heterocycles. The molecule has 2 fully saturated rings. The molecular weight excluding hydrogens is 345 g/mol. The van der Waals surface area contributed by atoms with Crippen LogP contribution < -0.4 is 0 Å². The second kappa shape index (κ2) is 5.95. The zero-order valence-electron chi connectivity index (χ0n) is 12.1. The van der Waals surface area contributed by atoms with Crippen molar-refractivity contribution < 1.29 is 13.5 Å². The van der Waals surface area contributed by atoms with Crippen LogP contribution in [0.15, 0.2) is 23.1 Å². The molecule has 4 nitrogen and oxygen atoms in total. The summed E-state index contributed by atoms with van der Waals surface area (Å²) in [5.41, 5.74) is -0.276. The molecule has 7 heteroatoms. The summed E-state index contributed by atoms with van der Waals surface area (Å²) in [6, 6.07) is 4.38. The monoisotopic (exact) mass is 363 g/mol. The molecule has 0 amide bonds. The van der Waals surface area contributed by atoms with Gasteiger partial charge in [0.1, 0.15) is 0 Å². The Morgan fingerprint density at radius 1 is 1.18 bits per heavy atom. The number of aliphatic hydroxyl groups is 1. The minimum Gasteiger partial charge on any atom is -0.392 e. The summed E-state index contributed by atoms with van der Waals surface area (Å²) in [4.78, 5) is 0.159. The van der Waals surface area contributed by atoms with Crippen molar-refractivity contribution in [3.63, 3.8) is 0 Å². The third kappa shape index (κ3) is 2.78. The molecule has 122 valence electrons. The number of nitrogens with zero attached hydrogens (tertiary/aromatic N) is 1. The number of benzene rings is 1. The number of hydrogen-bond acceptors (Lipinski definition) is 3. The maximum absolute atomic E-state index is 12.8. The summed E-state index contributed by atoms with van der Waals surface area (Å²) in [6.45, 7) is 0.869. The summed E-state index contributed by atoms with van der Waals surface area (Å²) in [5, 5.41) is 10.8. The van der Waals surface area contributed by atoms with Crippen molar-refractivity contribution in [1.29, 1.82) is 0 Å². The number of halogens is 2. The summed E-state index contributed by atoms with van der Waals surface area (Å²) in [6.07, 6.45) is 3.88. The first-order valence-corrected chi connectivity index (χ1v) is 9.68. The molecule has 1 aromatic carbocycles. The van der Waals surface area contributed by atoms with Gasteiger partial charge >= 0.3 is 0 Å². The first-order valence-electron chi connectivity index (χ1n) is 7.48. The Bertz CT molecular complexity index is 679. The summed E-state index contributed by atoms with van der Waals surface area (Å²) in [7, 11) is -3.61. The first kappa shape index (κ1) is 16.5. The van der Waals surface area contributed by atoms with Gasteiger partial charge in [0, 0.05) is 18.5 Å². The van der Waals surface area contributed by atoms with Crippen molar-refractivity contribution in [1.82, 2.24) is 4.31 Å². The van der Waals surface area contributed by atoms with Crippen LogP contribution in [0.2, 0.25) is 10.0 Å². The molecule has 2 atom stereocenters. The van der Waals surface area contributed by atoms with Crippen LogP contribution in [0.4, 0.5) is 0 Å². The lowest BCUT2D eigenvalue weighted by atomic mass is 9.77. The van der Waals surface area contributed by atoms with Gasteiger partial charge in [-0.05, 0) is 43.9 Å². The van der Waals surface area contributed by atoms with Crippen LogP contribution in [-0.2, 0) is 10.0 Å². The van der Waals surface area contributed by atoms with E-state index >= 15 is 0 Å². The number of hydrogen-bond donors (Lipinski definition) is 1. The van der Waals surface area contributed by atoms with Gasteiger partial charge in [-0.1, -0.05) is 29.6 Å². The fraction of sp³-hybridized carbons (Fsp3) is 0.600. The van der Waals surface area contributed by atoms with Gasteiger partial charge in [0.2, 0.25) is 10.0 Å². The minimum atomic E-state index is -3.61. The van der Waals surface area contributed by atoms with E-state index in [2.05, 4.69) is 0 Å². The number of aliphatic hydroxyl groups excluding tert-OH is 1. The molecule has 1 aliphatic carbocycles. The maximum Gasteiger partial charge on any atom is 0.243 e. The van der Waals surface area contributed by atoms with Crippen molar-refractivity contribution in [2.24, 2.45) is 5.41 Å². The average molecular weight is 364 g/mol. The second-order valence-electron chi connectivity index (χ2n) is 6.29. The molecule has 1 aliphatic heterocycles. The van der Waals surface area contributed by atoms with Gasteiger partial charge in [-0.2, -0.15) is 4.31 Å². The molecule has 1 heterocycles. The zero-order valence-corrected chi connectivity index (χ0v) is 14.5. The summed E-state index contributed by atoms with van der Waals surface area (Å²) >= 11 is 11.8. The Morgan fingerprint density at radius 2 is 1.91 bits per heavy atom. The third-order valence-corrected chi connectivity index (χ3v) is 7.54. The van der Waals surface area contributed by atoms with Crippen molar-refractivity contribution in [2.75, 3.05) is 13.1 Å². The molecule has 0 unspecified atom stereocenters. The highest BCUT2D eigenvalue weighted by Gasteiger charge is 2.47. The molecule has 0 aromatic heterocycles. The lowest BCUT2D eigenvalue weighted by Gasteiger charge is -2.41. The predicted octanol–water partition coefficient (Wildman–Crippen LogP) is 3.31. The van der Waals surface area contributed by atoms with Gasteiger partial charge in [0.25, 0.3) is 0 Å². The molecule has 1 saturated carbocycles. The fourth-order valence-electron chi connectivity index (χ4n) is 3.70. The largest absolute Gasteiger partial charge is 0.392 e. The zero-order chi connectivity index (χ0) is 16.0. The van der Waals surface area contributed by atoms with Crippen LogP contribution in [0.3, 0.4) is 0 Å². The Balaban J connectivity index is 1.90. The Hall–Kier alpha value is -0.330. The second-order valence-corrected chi connectivity index (χ2v) is 9.04. The van der Waals surface area contributed by atoms with Crippen LogP contribution in [-0.4, -0.2) is 37.0 Å². The summed E-state index contributed by atoms with van der Waals surface area (Å²) < 4.78 is 27.2. The maximum atomic E-state index is 12.8. The van der Waals surface area contributed by atoms with E-state index in [9.17, 15) is 13.5 Å². The van der Waals surface area contributed by atoms with Crippen LogP contribution in [0.25, 0.3) is 0 Å². The standard InChI is InChI=1S/C15H19Cl2NO3S/c16-12-5-4-11(9-13(12)17)22(20,21)18-8-2-7-15(10-18)6-1-3-14(15)19/h4-5,9,14,19H,1-3,6-8,10H2/t14-,15+/m1/s1. The van der Waals surface area contributed by atoms with E-state index < -0.39 is 16.1 Å². The quantitative estimate of drug-likeness (QED) is 0.876. The number of sulfonamides is 1. The van der Waals surface area contributed by atoms with E-state index in [4.69, 9.17) is 23.2 Å². The fourth-order valence-corrected chi connectivity index (χ4v) is 5.67. The number of piperidine rings is 1. The minimum absolute atomic E-state index is 0.159. The van der Waals surface area contributed by atoms with Crippen molar-refractivity contribution in [3.8, 4) is 0 Å². The number of rotatable bonds is 2. The van der Waals surface area contributed by atoms with Crippen LogP contribution >= 0.6 is 23.2 Å². The molecule has 0 bridgehead atoms. The normalized spacial score (nSPS) is 30.0. The lowest BCUT2D eigenvalue weighted by Crippen LogP contribution is -2.49. The van der Waals surface area contributed by atoms with Crippen LogP contribution in [0.1, 0.15) is 32.1 Å². The van der Waals surface area contributed by atoms with Gasteiger partial charge in [-0.25, -0.2) is 8.42 Å². The Morgan fingerprint density at radius 3 is 2.55 bits per heavy atom. The third-order valence-electron chi connectivity index (χ3n) is 4.96. The van der Waals surface area contributed by atoms with Crippen LogP contribution in [0, 0.1) is 5.41 Å². The smallest absolute Gasteiger partial charge is 0.243 e. The van der Waals surface area contributed by atoms with Gasteiger partial charge in [0.15, 0.2) is 0 Å². The molecule has 3 rings (SSSR count). The lowest BCUT2D eigenvalue weighted by molar-refractivity contribution is 0.0127. The molecule has 1 N–H and O–H groups in total. The van der Waals surface area contributed by atoms with Crippen molar-refractivity contribution in [3.05, 3.63) is 28.2 Å². The highest BCUT2D eigenvalue weighted by atomic mass is 35.5. The highest BCUT2D eigenvalue weighted by Crippen LogP contribution is 2.46. The van der Waals surface area contributed by atoms with E-state index in [0.717, 1.165) is 32.1 Å². The van der Waals surface area contributed by atoms with Crippen LogP contribution in [0.5, 0.6) is 0 Å². The van der Waals surface area contributed by atoms with E-state index in [1.807, 2.05) is 0 Å². The van der Waals surface area contributed by atoms with E-state index in [0.29, 0.717) is 18.1 Å². The Kier molecular flexibility index (Phi) is 4.47. The average Bonchev–Trinajstić information content (AvgIpc) is 2.82. The molecule has 1 spiro atoms. The topological polar surface area (TPSA) is 57.6 Å². The van der Waals surface area contributed by atoms with Gasteiger partial charge in [-0.15, -0.1) is 0 Å². The molecule has 1 aromatic rings. The molecular formula is C15H19Cl2NO3S. The molecule has 0 radical (unpaired) electrons. The highest BCUT2D eigenvalue weighted by molar-refractivity contribution is 7.89.